The van der Waals surface area contributed by atoms with Crippen molar-refractivity contribution in [1.82, 2.24) is 0 Å². The molecule has 33 heavy (non-hydrogen) atoms. The summed E-state index contributed by atoms with van der Waals surface area (Å²) >= 11 is 0. The molecule has 0 aliphatic carbocycles. The summed E-state index contributed by atoms with van der Waals surface area (Å²) in [5.74, 6) is -0.596. The number of amides is 1. The van der Waals surface area contributed by atoms with Gasteiger partial charge in [-0.1, -0.05) is 48.5 Å². The molecule has 1 unspecified atom stereocenters. The molecule has 0 bridgehead atoms. The molecule has 1 amide bonds. The van der Waals surface area contributed by atoms with E-state index in [1.807, 2.05) is 44.2 Å². The Morgan fingerprint density at radius 1 is 0.909 bits per heavy atom. The zero-order valence-corrected chi connectivity index (χ0v) is 18.7. The molecule has 1 fully saturated rings. The van der Waals surface area contributed by atoms with Crippen molar-refractivity contribution in [3.05, 3.63) is 95.6 Å². The Balaban J connectivity index is 1.89. The first-order valence-corrected chi connectivity index (χ1v) is 10.7. The molecule has 1 heterocycles. The third-order valence-corrected chi connectivity index (χ3v) is 5.37. The van der Waals surface area contributed by atoms with E-state index in [4.69, 9.17) is 9.47 Å². The summed E-state index contributed by atoms with van der Waals surface area (Å²) in [5.41, 5.74) is 1.63. The van der Waals surface area contributed by atoms with Crippen LogP contribution in [0.15, 0.2) is 84.4 Å². The van der Waals surface area contributed by atoms with Crippen LogP contribution in [-0.2, 0) is 9.59 Å². The first-order valence-electron chi connectivity index (χ1n) is 10.7. The van der Waals surface area contributed by atoms with Crippen LogP contribution < -0.4 is 14.4 Å². The maximum Gasteiger partial charge on any atom is 0.300 e. The van der Waals surface area contributed by atoms with Crippen molar-refractivity contribution in [2.45, 2.75) is 26.0 Å². The molecule has 1 N–H and O–H groups in total. The predicted molar refractivity (Wildman–Crippen MR) is 126 cm³/mol. The first-order chi connectivity index (χ1) is 15.9. The number of carbonyl (C=O) groups excluding carboxylic acids is 2. The first kappa shape index (κ1) is 22.1. The summed E-state index contributed by atoms with van der Waals surface area (Å²) in [4.78, 5) is 27.8. The molecule has 1 aliphatic heterocycles. The Hall–Kier alpha value is -4.06. The van der Waals surface area contributed by atoms with Crippen molar-refractivity contribution in [2.75, 3.05) is 12.0 Å². The summed E-state index contributed by atoms with van der Waals surface area (Å²) in [6, 6.07) is 22.2. The SMILES string of the molecule is COc1cccc(N2C(=O)C(=O)/C(=C(/O)c3cccc(OC(C)C)c3)C2c2ccccc2)c1. The Kier molecular flexibility index (Phi) is 6.18. The minimum Gasteiger partial charge on any atom is -0.507 e. The average molecular weight is 443 g/mol. The molecule has 3 aromatic rings. The van der Waals surface area contributed by atoms with Gasteiger partial charge in [0, 0.05) is 17.3 Å². The number of Topliss-reactive ketones (excluding diaryl/α,β-unsaturated/α-hetero) is 1. The zero-order valence-electron chi connectivity index (χ0n) is 18.7. The van der Waals surface area contributed by atoms with Crippen LogP contribution in [0.3, 0.4) is 0 Å². The summed E-state index contributed by atoms with van der Waals surface area (Å²) in [5, 5.41) is 11.3. The van der Waals surface area contributed by atoms with Crippen LogP contribution in [0.4, 0.5) is 5.69 Å². The van der Waals surface area contributed by atoms with Gasteiger partial charge in [-0.2, -0.15) is 0 Å². The van der Waals surface area contributed by atoms with Gasteiger partial charge in [-0.05, 0) is 43.7 Å². The summed E-state index contributed by atoms with van der Waals surface area (Å²) in [6.45, 7) is 3.81. The largest absolute Gasteiger partial charge is 0.507 e. The fourth-order valence-corrected chi connectivity index (χ4v) is 3.95. The highest BCUT2D eigenvalue weighted by Crippen LogP contribution is 2.42. The van der Waals surface area contributed by atoms with E-state index in [-0.39, 0.29) is 17.4 Å². The molecule has 1 saturated heterocycles. The average Bonchev–Trinajstić information content (AvgIpc) is 3.09. The van der Waals surface area contributed by atoms with E-state index in [0.29, 0.717) is 28.3 Å². The highest BCUT2D eigenvalue weighted by Gasteiger charge is 2.47. The maximum absolute atomic E-state index is 13.2. The highest BCUT2D eigenvalue weighted by atomic mass is 16.5. The van der Waals surface area contributed by atoms with Gasteiger partial charge in [0.1, 0.15) is 17.3 Å². The molecule has 1 aliphatic rings. The van der Waals surface area contributed by atoms with Crippen LogP contribution in [0, 0.1) is 0 Å². The van der Waals surface area contributed by atoms with E-state index < -0.39 is 17.7 Å². The molecule has 0 saturated carbocycles. The van der Waals surface area contributed by atoms with Gasteiger partial charge in [0.25, 0.3) is 11.7 Å². The molecule has 6 nitrogen and oxygen atoms in total. The Morgan fingerprint density at radius 3 is 2.30 bits per heavy atom. The zero-order chi connectivity index (χ0) is 23.5. The van der Waals surface area contributed by atoms with Crippen molar-refractivity contribution in [2.24, 2.45) is 0 Å². The lowest BCUT2D eigenvalue weighted by atomic mass is 9.95. The molecule has 3 aromatic carbocycles. The number of ketones is 1. The third-order valence-electron chi connectivity index (χ3n) is 5.37. The number of methoxy groups -OCH3 is 1. The molecule has 0 spiro atoms. The predicted octanol–water partition coefficient (Wildman–Crippen LogP) is 5.11. The smallest absolute Gasteiger partial charge is 0.300 e. The van der Waals surface area contributed by atoms with Crippen molar-refractivity contribution in [3.8, 4) is 11.5 Å². The van der Waals surface area contributed by atoms with Gasteiger partial charge in [0.2, 0.25) is 0 Å². The lowest BCUT2D eigenvalue weighted by Crippen LogP contribution is -2.29. The molecule has 1 atom stereocenters. The number of hydrogen-bond donors (Lipinski definition) is 1. The number of rotatable bonds is 6. The minimum absolute atomic E-state index is 0.0238. The number of ether oxygens (including phenoxy) is 2. The fourth-order valence-electron chi connectivity index (χ4n) is 3.95. The number of hydrogen-bond acceptors (Lipinski definition) is 5. The molecule has 168 valence electrons. The van der Waals surface area contributed by atoms with E-state index >= 15 is 0 Å². The summed E-state index contributed by atoms with van der Waals surface area (Å²) in [6.07, 6.45) is -0.0506. The number of aliphatic hydroxyl groups excluding tert-OH is 1. The lowest BCUT2D eigenvalue weighted by molar-refractivity contribution is -0.132. The molecule has 6 heteroatoms. The van der Waals surface area contributed by atoms with E-state index in [0.717, 1.165) is 0 Å². The van der Waals surface area contributed by atoms with E-state index in [1.54, 1.807) is 48.5 Å². The van der Waals surface area contributed by atoms with E-state index in [9.17, 15) is 14.7 Å². The van der Waals surface area contributed by atoms with E-state index in [2.05, 4.69) is 0 Å². The Morgan fingerprint density at radius 2 is 1.61 bits per heavy atom. The van der Waals surface area contributed by atoms with Gasteiger partial charge < -0.3 is 14.6 Å². The number of carbonyl (C=O) groups is 2. The normalized spacial score (nSPS) is 17.5. The topological polar surface area (TPSA) is 76.1 Å². The van der Waals surface area contributed by atoms with Gasteiger partial charge in [-0.3, -0.25) is 14.5 Å². The van der Waals surface area contributed by atoms with Crippen molar-refractivity contribution < 1.29 is 24.2 Å². The molecule has 0 radical (unpaired) electrons. The highest BCUT2D eigenvalue weighted by molar-refractivity contribution is 6.51. The molecule has 0 aromatic heterocycles. The molecule has 4 rings (SSSR count). The van der Waals surface area contributed by atoms with E-state index in [1.165, 1.54) is 12.0 Å². The maximum atomic E-state index is 13.2. The van der Waals surface area contributed by atoms with Gasteiger partial charge in [-0.15, -0.1) is 0 Å². The van der Waals surface area contributed by atoms with Crippen LogP contribution >= 0.6 is 0 Å². The van der Waals surface area contributed by atoms with Crippen LogP contribution in [0.5, 0.6) is 11.5 Å². The molecular weight excluding hydrogens is 418 g/mol. The quantitative estimate of drug-likeness (QED) is 0.326. The number of nitrogens with zero attached hydrogens (tertiary/aromatic N) is 1. The third kappa shape index (κ3) is 4.32. The monoisotopic (exact) mass is 443 g/mol. The number of benzene rings is 3. The van der Waals surface area contributed by atoms with Gasteiger partial charge >= 0.3 is 0 Å². The van der Waals surface area contributed by atoms with Gasteiger partial charge in [0.15, 0.2) is 0 Å². The van der Waals surface area contributed by atoms with Crippen LogP contribution in [0.2, 0.25) is 0 Å². The number of aliphatic hydroxyl groups is 1. The van der Waals surface area contributed by atoms with Crippen LogP contribution in [0.25, 0.3) is 5.76 Å². The van der Waals surface area contributed by atoms with Crippen molar-refractivity contribution in [1.29, 1.82) is 0 Å². The van der Waals surface area contributed by atoms with Crippen molar-refractivity contribution >= 4 is 23.1 Å². The summed E-state index contributed by atoms with van der Waals surface area (Å²) in [7, 11) is 1.54. The van der Waals surface area contributed by atoms with Crippen molar-refractivity contribution in [3.63, 3.8) is 0 Å². The summed E-state index contributed by atoms with van der Waals surface area (Å²) < 4.78 is 11.0. The lowest BCUT2D eigenvalue weighted by Gasteiger charge is -2.25. The standard InChI is InChI=1S/C27H25NO5/c1-17(2)33-22-14-7-11-19(15-22)25(29)23-24(18-9-5-4-6-10-18)28(27(31)26(23)30)20-12-8-13-21(16-20)32-3/h4-17,24,29H,1-3H3/b25-23+. The Bertz CT molecular complexity index is 1220. The second-order valence-corrected chi connectivity index (χ2v) is 7.98. The minimum atomic E-state index is -0.798. The van der Waals surface area contributed by atoms with Crippen LogP contribution in [-0.4, -0.2) is 30.0 Å². The molecular formula is C27H25NO5. The second kappa shape index (κ2) is 9.20. The second-order valence-electron chi connectivity index (χ2n) is 7.98. The van der Waals surface area contributed by atoms with Gasteiger partial charge in [-0.25, -0.2) is 0 Å². The fraction of sp³-hybridized carbons (Fsp3) is 0.185. The number of anilines is 1. The Labute approximate surface area is 192 Å². The van der Waals surface area contributed by atoms with Gasteiger partial charge in [0.05, 0.1) is 24.8 Å². The van der Waals surface area contributed by atoms with Crippen LogP contribution in [0.1, 0.15) is 31.0 Å².